The third-order valence-corrected chi connectivity index (χ3v) is 2.33. The Morgan fingerprint density at radius 3 is 3.00 bits per heavy atom. The molecule has 0 aromatic rings. The summed E-state index contributed by atoms with van der Waals surface area (Å²) in [5, 5.41) is 7.40. The van der Waals surface area contributed by atoms with Gasteiger partial charge in [-0.25, -0.2) is 0 Å². The molecule has 1 heterocycles. The first-order chi connectivity index (χ1) is 5.25. The van der Waals surface area contributed by atoms with E-state index in [0.29, 0.717) is 5.11 Å². The van der Waals surface area contributed by atoms with Crippen LogP contribution in [0.5, 0.6) is 0 Å². The maximum Gasteiger partial charge on any atom is 0.175 e. The van der Waals surface area contributed by atoms with Gasteiger partial charge >= 0.3 is 0 Å². The first-order valence-electron chi connectivity index (χ1n) is 3.53. The van der Waals surface area contributed by atoms with Gasteiger partial charge in [0.25, 0.3) is 0 Å². The monoisotopic (exact) mass is 189 g/mol. The zero-order valence-electron chi connectivity index (χ0n) is 6.39. The highest BCUT2D eigenvalue weighted by atomic mass is 32.1. The molecular formula is C6H11N3S2. The van der Waals surface area contributed by atoms with Gasteiger partial charge in [0.2, 0.25) is 0 Å². The minimum Gasteiger partial charge on any atom is -0.365 e. The molecule has 1 aliphatic heterocycles. The van der Waals surface area contributed by atoms with Crippen LogP contribution in [0.15, 0.2) is 0 Å². The average Bonchev–Trinajstić information content (AvgIpc) is 2.04. The Hall–Kier alpha value is -0.420. The molecule has 0 aliphatic carbocycles. The first-order valence-corrected chi connectivity index (χ1v) is 4.34. The number of nitrogens with zero attached hydrogens (tertiary/aromatic N) is 1. The number of hydrogen-bond donors (Lipinski definition) is 2. The van der Waals surface area contributed by atoms with Crippen LogP contribution >= 0.6 is 24.4 Å². The quantitative estimate of drug-likeness (QED) is 0.526. The number of thiocarbonyl (C=S) groups is 2. The predicted molar refractivity (Wildman–Crippen MR) is 53.6 cm³/mol. The molecule has 0 bridgehead atoms. The molecule has 0 amide bonds. The van der Waals surface area contributed by atoms with Crippen LogP contribution in [-0.2, 0) is 0 Å². The van der Waals surface area contributed by atoms with Crippen molar-refractivity contribution < 1.29 is 0 Å². The fourth-order valence-electron chi connectivity index (χ4n) is 0.958. The second-order valence-corrected chi connectivity index (χ2v) is 3.07. The zero-order valence-corrected chi connectivity index (χ0v) is 8.02. The summed E-state index contributed by atoms with van der Waals surface area (Å²) in [5.41, 5.74) is 0. The summed E-state index contributed by atoms with van der Waals surface area (Å²) in [7, 11) is 1.81. The lowest BCUT2D eigenvalue weighted by atomic mass is 10.3. The molecule has 1 rings (SSSR count). The van der Waals surface area contributed by atoms with Gasteiger partial charge in [-0.1, -0.05) is 0 Å². The van der Waals surface area contributed by atoms with E-state index in [-0.39, 0.29) is 0 Å². The molecule has 0 radical (unpaired) electrons. The van der Waals surface area contributed by atoms with Gasteiger partial charge in [0, 0.05) is 20.1 Å². The molecule has 2 N–H and O–H groups in total. The molecule has 5 heteroatoms. The van der Waals surface area contributed by atoms with E-state index in [9.17, 15) is 0 Å². The summed E-state index contributed by atoms with van der Waals surface area (Å²) < 4.78 is 0. The van der Waals surface area contributed by atoms with E-state index in [1.807, 2.05) is 4.90 Å². The Morgan fingerprint density at radius 1 is 1.73 bits per heavy atom. The Bertz CT molecular complexity index is 173. The summed E-state index contributed by atoms with van der Waals surface area (Å²) in [6.45, 7) is 1.88. The first kappa shape index (κ1) is 8.67. The lowest BCUT2D eigenvalue weighted by Gasteiger charge is -2.29. The third kappa shape index (κ3) is 2.00. The topological polar surface area (TPSA) is 27.3 Å². The van der Waals surface area contributed by atoms with Crippen LogP contribution in [-0.4, -0.2) is 35.3 Å². The SMILES string of the molecule is CNC(=S)N1CCCNC1=S. The smallest absolute Gasteiger partial charge is 0.175 e. The number of nitrogens with one attached hydrogen (secondary N) is 2. The van der Waals surface area contributed by atoms with Crippen molar-refractivity contribution in [1.29, 1.82) is 0 Å². The van der Waals surface area contributed by atoms with Gasteiger partial charge in [-0.05, 0) is 30.9 Å². The van der Waals surface area contributed by atoms with Gasteiger partial charge in [0.05, 0.1) is 0 Å². The van der Waals surface area contributed by atoms with E-state index >= 15 is 0 Å². The van der Waals surface area contributed by atoms with Crippen LogP contribution in [0.2, 0.25) is 0 Å². The van der Waals surface area contributed by atoms with Crippen molar-refractivity contribution >= 4 is 34.7 Å². The summed E-state index contributed by atoms with van der Waals surface area (Å²) in [6, 6.07) is 0. The largest absolute Gasteiger partial charge is 0.365 e. The van der Waals surface area contributed by atoms with E-state index in [2.05, 4.69) is 10.6 Å². The normalized spacial score (nSPS) is 17.5. The molecule has 3 nitrogen and oxygen atoms in total. The maximum absolute atomic E-state index is 5.06. The Kier molecular flexibility index (Phi) is 3.02. The highest BCUT2D eigenvalue weighted by molar-refractivity contribution is 7.81. The minimum absolute atomic E-state index is 0.696. The number of hydrogen-bond acceptors (Lipinski definition) is 2. The van der Waals surface area contributed by atoms with E-state index in [4.69, 9.17) is 24.4 Å². The van der Waals surface area contributed by atoms with E-state index < -0.39 is 0 Å². The third-order valence-electron chi connectivity index (χ3n) is 1.54. The lowest BCUT2D eigenvalue weighted by molar-refractivity contribution is 0.509. The lowest BCUT2D eigenvalue weighted by Crippen LogP contribution is -2.51. The van der Waals surface area contributed by atoms with Crippen molar-refractivity contribution in [3.8, 4) is 0 Å². The van der Waals surface area contributed by atoms with Crippen LogP contribution < -0.4 is 10.6 Å². The molecule has 0 aromatic carbocycles. The molecular weight excluding hydrogens is 178 g/mol. The van der Waals surface area contributed by atoms with Gasteiger partial charge in [-0.15, -0.1) is 0 Å². The maximum atomic E-state index is 5.06. The highest BCUT2D eigenvalue weighted by Crippen LogP contribution is 1.99. The Labute approximate surface area is 77.1 Å². The molecule has 1 fully saturated rings. The summed E-state index contributed by atoms with van der Waals surface area (Å²) in [5.74, 6) is 0. The molecule has 0 unspecified atom stereocenters. The Morgan fingerprint density at radius 2 is 2.45 bits per heavy atom. The summed E-state index contributed by atoms with van der Waals surface area (Å²) in [6.07, 6.45) is 1.09. The summed E-state index contributed by atoms with van der Waals surface area (Å²) in [4.78, 5) is 1.90. The van der Waals surface area contributed by atoms with Crippen LogP contribution in [0.4, 0.5) is 0 Å². The van der Waals surface area contributed by atoms with Gasteiger partial charge < -0.3 is 10.6 Å². The predicted octanol–water partition coefficient (Wildman–Crippen LogP) is 0.0709. The van der Waals surface area contributed by atoms with Crippen molar-refractivity contribution in [2.45, 2.75) is 6.42 Å². The van der Waals surface area contributed by atoms with E-state index in [1.165, 1.54) is 0 Å². The molecule has 0 aromatic heterocycles. The average molecular weight is 189 g/mol. The minimum atomic E-state index is 0.696. The fraction of sp³-hybridized carbons (Fsp3) is 0.667. The van der Waals surface area contributed by atoms with E-state index in [0.717, 1.165) is 24.6 Å². The summed E-state index contributed by atoms with van der Waals surface area (Å²) >= 11 is 10.1. The Balaban J connectivity index is 2.54. The number of rotatable bonds is 0. The van der Waals surface area contributed by atoms with Crippen LogP contribution in [0.25, 0.3) is 0 Å². The molecule has 1 aliphatic rings. The van der Waals surface area contributed by atoms with Crippen molar-refractivity contribution in [3.05, 3.63) is 0 Å². The molecule has 0 spiro atoms. The highest BCUT2D eigenvalue weighted by Gasteiger charge is 2.16. The molecule has 0 saturated carbocycles. The van der Waals surface area contributed by atoms with Gasteiger partial charge in [0.1, 0.15) is 0 Å². The van der Waals surface area contributed by atoms with Gasteiger partial charge in [0.15, 0.2) is 10.2 Å². The van der Waals surface area contributed by atoms with Gasteiger partial charge in [-0.3, -0.25) is 4.90 Å². The van der Waals surface area contributed by atoms with Gasteiger partial charge in [-0.2, -0.15) is 0 Å². The van der Waals surface area contributed by atoms with Crippen LogP contribution in [0, 0.1) is 0 Å². The van der Waals surface area contributed by atoms with Crippen molar-refractivity contribution in [2.24, 2.45) is 0 Å². The molecule has 0 atom stereocenters. The van der Waals surface area contributed by atoms with Crippen molar-refractivity contribution in [1.82, 2.24) is 15.5 Å². The van der Waals surface area contributed by atoms with Crippen LogP contribution in [0.1, 0.15) is 6.42 Å². The van der Waals surface area contributed by atoms with E-state index in [1.54, 1.807) is 7.05 Å². The molecule has 62 valence electrons. The second-order valence-electron chi connectivity index (χ2n) is 2.29. The standard InChI is InChI=1S/C6H11N3S2/c1-7-5(10)9-4-2-3-8-6(9)11/h2-4H2,1H3,(H,7,10)(H,8,11). The van der Waals surface area contributed by atoms with Crippen LogP contribution in [0.3, 0.4) is 0 Å². The molecule has 1 saturated heterocycles. The molecule has 11 heavy (non-hydrogen) atoms. The fourth-order valence-corrected chi connectivity index (χ4v) is 1.48. The second kappa shape index (κ2) is 3.82. The van der Waals surface area contributed by atoms with Crippen molar-refractivity contribution in [3.63, 3.8) is 0 Å². The zero-order chi connectivity index (χ0) is 8.27. The van der Waals surface area contributed by atoms with Crippen molar-refractivity contribution in [2.75, 3.05) is 20.1 Å².